The Morgan fingerprint density at radius 3 is 2.92 bits per heavy atom. The van der Waals surface area contributed by atoms with Crippen molar-refractivity contribution in [3.8, 4) is 0 Å². The molecule has 0 saturated carbocycles. The van der Waals surface area contributed by atoms with Crippen LogP contribution in [-0.2, 0) is 0 Å². The van der Waals surface area contributed by atoms with E-state index in [9.17, 15) is 0 Å². The van der Waals surface area contributed by atoms with E-state index in [-0.39, 0.29) is 12.6 Å². The Morgan fingerprint density at radius 2 is 2.31 bits per heavy atom. The zero-order chi connectivity index (χ0) is 9.68. The molecular weight excluding hydrogens is 164 g/mol. The van der Waals surface area contributed by atoms with Gasteiger partial charge in [-0.15, -0.1) is 0 Å². The maximum atomic E-state index is 8.79. The summed E-state index contributed by atoms with van der Waals surface area (Å²) in [4.78, 5) is 2.49. The summed E-state index contributed by atoms with van der Waals surface area (Å²) < 4.78 is 0. The fraction of sp³-hybridized carbons (Fsp3) is 1.00. The standard InChI is InChI=1S/C10H22N2O/c1-9-4-2-3-6-12(9)7-5-10(11)8-13/h9-10,13H,2-8,11H2,1H3. The second-order valence-electron chi connectivity index (χ2n) is 4.11. The summed E-state index contributed by atoms with van der Waals surface area (Å²) in [6.07, 6.45) is 4.91. The molecule has 1 fully saturated rings. The second-order valence-corrected chi connectivity index (χ2v) is 4.11. The molecule has 1 aliphatic heterocycles. The molecule has 1 aliphatic rings. The van der Waals surface area contributed by atoms with E-state index in [1.807, 2.05) is 0 Å². The molecular formula is C10H22N2O. The molecule has 0 bridgehead atoms. The maximum absolute atomic E-state index is 8.79. The molecule has 2 atom stereocenters. The predicted molar refractivity (Wildman–Crippen MR) is 54.6 cm³/mol. The van der Waals surface area contributed by atoms with Gasteiger partial charge in [0.25, 0.3) is 0 Å². The number of hydrogen-bond acceptors (Lipinski definition) is 3. The normalized spacial score (nSPS) is 27.5. The third kappa shape index (κ3) is 3.63. The number of piperidine rings is 1. The lowest BCUT2D eigenvalue weighted by molar-refractivity contribution is 0.148. The van der Waals surface area contributed by atoms with Gasteiger partial charge < -0.3 is 15.7 Å². The molecule has 0 radical (unpaired) electrons. The lowest BCUT2D eigenvalue weighted by Crippen LogP contribution is -2.40. The summed E-state index contributed by atoms with van der Waals surface area (Å²) in [6.45, 7) is 4.65. The van der Waals surface area contributed by atoms with Crippen molar-refractivity contribution in [2.45, 2.75) is 44.7 Å². The number of aliphatic hydroxyl groups is 1. The van der Waals surface area contributed by atoms with E-state index < -0.39 is 0 Å². The summed E-state index contributed by atoms with van der Waals surface area (Å²) in [5, 5.41) is 8.79. The Morgan fingerprint density at radius 1 is 1.54 bits per heavy atom. The van der Waals surface area contributed by atoms with Crippen molar-refractivity contribution in [3.63, 3.8) is 0 Å². The molecule has 3 nitrogen and oxygen atoms in total. The van der Waals surface area contributed by atoms with Gasteiger partial charge in [-0.25, -0.2) is 0 Å². The molecule has 78 valence electrons. The number of likely N-dealkylation sites (tertiary alicyclic amines) is 1. The van der Waals surface area contributed by atoms with Gasteiger partial charge in [-0.3, -0.25) is 0 Å². The monoisotopic (exact) mass is 186 g/mol. The molecule has 0 aliphatic carbocycles. The van der Waals surface area contributed by atoms with Gasteiger partial charge in [-0.2, -0.15) is 0 Å². The summed E-state index contributed by atoms with van der Waals surface area (Å²) in [5.74, 6) is 0. The number of hydrogen-bond donors (Lipinski definition) is 2. The van der Waals surface area contributed by atoms with Crippen molar-refractivity contribution in [2.75, 3.05) is 19.7 Å². The summed E-state index contributed by atoms with van der Waals surface area (Å²) in [6, 6.07) is 0.675. The Balaban J connectivity index is 2.18. The molecule has 1 saturated heterocycles. The third-order valence-electron chi connectivity index (χ3n) is 2.96. The van der Waals surface area contributed by atoms with E-state index in [2.05, 4.69) is 11.8 Å². The molecule has 3 heteroatoms. The first-order chi connectivity index (χ1) is 6.24. The zero-order valence-corrected chi connectivity index (χ0v) is 8.58. The van der Waals surface area contributed by atoms with Crippen molar-refractivity contribution < 1.29 is 5.11 Å². The van der Waals surface area contributed by atoms with E-state index in [1.165, 1.54) is 25.8 Å². The smallest absolute Gasteiger partial charge is 0.0583 e. The van der Waals surface area contributed by atoms with Gasteiger partial charge in [-0.1, -0.05) is 6.42 Å². The van der Waals surface area contributed by atoms with Crippen LogP contribution in [0.15, 0.2) is 0 Å². The van der Waals surface area contributed by atoms with Crippen LogP contribution in [0.4, 0.5) is 0 Å². The van der Waals surface area contributed by atoms with E-state index >= 15 is 0 Å². The average molecular weight is 186 g/mol. The van der Waals surface area contributed by atoms with Crippen LogP contribution in [0.3, 0.4) is 0 Å². The Kier molecular flexibility index (Phi) is 4.70. The van der Waals surface area contributed by atoms with Crippen LogP contribution in [0.2, 0.25) is 0 Å². The van der Waals surface area contributed by atoms with Crippen LogP contribution in [0.25, 0.3) is 0 Å². The van der Waals surface area contributed by atoms with Crippen molar-refractivity contribution in [1.82, 2.24) is 4.90 Å². The lowest BCUT2D eigenvalue weighted by Gasteiger charge is -2.33. The molecule has 0 aromatic carbocycles. The topological polar surface area (TPSA) is 49.5 Å². The Hall–Kier alpha value is -0.120. The first-order valence-corrected chi connectivity index (χ1v) is 5.34. The highest BCUT2D eigenvalue weighted by Crippen LogP contribution is 2.16. The molecule has 1 rings (SSSR count). The molecule has 13 heavy (non-hydrogen) atoms. The largest absolute Gasteiger partial charge is 0.395 e. The molecule has 0 spiro atoms. The van der Waals surface area contributed by atoms with Gasteiger partial charge in [0.2, 0.25) is 0 Å². The average Bonchev–Trinajstić information content (AvgIpc) is 2.16. The minimum Gasteiger partial charge on any atom is -0.395 e. The van der Waals surface area contributed by atoms with Crippen LogP contribution >= 0.6 is 0 Å². The van der Waals surface area contributed by atoms with Crippen LogP contribution in [0.5, 0.6) is 0 Å². The summed E-state index contributed by atoms with van der Waals surface area (Å²) >= 11 is 0. The number of rotatable bonds is 4. The zero-order valence-electron chi connectivity index (χ0n) is 8.58. The first kappa shape index (κ1) is 11.0. The highest BCUT2D eigenvalue weighted by atomic mass is 16.3. The van der Waals surface area contributed by atoms with Gasteiger partial charge in [0.15, 0.2) is 0 Å². The van der Waals surface area contributed by atoms with Crippen molar-refractivity contribution in [2.24, 2.45) is 5.73 Å². The predicted octanol–water partition coefficient (Wildman–Crippen LogP) is 0.571. The van der Waals surface area contributed by atoms with Gasteiger partial charge >= 0.3 is 0 Å². The highest BCUT2D eigenvalue weighted by molar-refractivity contribution is 4.74. The van der Waals surface area contributed by atoms with E-state index in [4.69, 9.17) is 10.8 Å². The third-order valence-corrected chi connectivity index (χ3v) is 2.96. The second kappa shape index (κ2) is 5.58. The minimum atomic E-state index is -0.0332. The number of nitrogens with two attached hydrogens (primary N) is 1. The molecule has 0 aromatic rings. The molecule has 2 unspecified atom stereocenters. The Labute approximate surface area is 80.9 Å². The SMILES string of the molecule is CC1CCCCN1CCC(N)CO. The quantitative estimate of drug-likeness (QED) is 0.675. The lowest BCUT2D eigenvalue weighted by atomic mass is 10.0. The number of aliphatic hydroxyl groups excluding tert-OH is 1. The van der Waals surface area contributed by atoms with Gasteiger partial charge in [0.1, 0.15) is 0 Å². The van der Waals surface area contributed by atoms with Crippen molar-refractivity contribution >= 4 is 0 Å². The van der Waals surface area contributed by atoms with Gasteiger partial charge in [-0.05, 0) is 39.3 Å². The number of nitrogens with zero attached hydrogens (tertiary/aromatic N) is 1. The van der Waals surface area contributed by atoms with Crippen molar-refractivity contribution in [1.29, 1.82) is 0 Å². The van der Waals surface area contributed by atoms with Gasteiger partial charge in [0.05, 0.1) is 6.61 Å². The summed E-state index contributed by atoms with van der Waals surface area (Å²) in [7, 11) is 0. The molecule has 3 N–H and O–H groups in total. The summed E-state index contributed by atoms with van der Waals surface area (Å²) in [5.41, 5.74) is 5.66. The van der Waals surface area contributed by atoms with Crippen LogP contribution in [-0.4, -0.2) is 41.8 Å². The Bertz CT molecular complexity index is 141. The van der Waals surface area contributed by atoms with Crippen LogP contribution < -0.4 is 5.73 Å². The fourth-order valence-electron chi connectivity index (χ4n) is 1.91. The fourth-order valence-corrected chi connectivity index (χ4v) is 1.91. The van der Waals surface area contributed by atoms with Crippen LogP contribution in [0, 0.1) is 0 Å². The van der Waals surface area contributed by atoms with Gasteiger partial charge in [0, 0.05) is 12.1 Å². The minimum absolute atomic E-state index is 0.0332. The molecule has 0 aromatic heterocycles. The molecule has 0 amide bonds. The van der Waals surface area contributed by atoms with E-state index in [0.717, 1.165) is 13.0 Å². The van der Waals surface area contributed by atoms with E-state index in [1.54, 1.807) is 0 Å². The molecule has 1 heterocycles. The maximum Gasteiger partial charge on any atom is 0.0583 e. The van der Waals surface area contributed by atoms with Crippen molar-refractivity contribution in [3.05, 3.63) is 0 Å². The van der Waals surface area contributed by atoms with E-state index in [0.29, 0.717) is 6.04 Å². The van der Waals surface area contributed by atoms with Crippen LogP contribution in [0.1, 0.15) is 32.6 Å². The first-order valence-electron chi connectivity index (χ1n) is 5.34. The highest BCUT2D eigenvalue weighted by Gasteiger charge is 2.17.